The Hall–Kier alpha value is -3.55. The molecule has 0 atom stereocenters. The van der Waals surface area contributed by atoms with Crippen molar-refractivity contribution in [2.24, 2.45) is 0 Å². The van der Waals surface area contributed by atoms with Crippen molar-refractivity contribution < 1.29 is 18.8 Å². The van der Waals surface area contributed by atoms with Crippen molar-refractivity contribution in [1.82, 2.24) is 15.0 Å². The largest absolute Gasteiger partial charge is 0.497 e. The van der Waals surface area contributed by atoms with Crippen LogP contribution in [-0.4, -0.2) is 61.3 Å². The Morgan fingerprint density at radius 3 is 2.39 bits per heavy atom. The van der Waals surface area contributed by atoms with Crippen molar-refractivity contribution in [2.45, 2.75) is 13.3 Å². The number of amides is 1. The molecule has 1 aliphatic heterocycles. The van der Waals surface area contributed by atoms with Gasteiger partial charge in [0.05, 0.1) is 19.8 Å². The molecule has 2 heterocycles. The van der Waals surface area contributed by atoms with Crippen LogP contribution in [0.15, 0.2) is 47.0 Å². The zero-order chi connectivity index (χ0) is 21.8. The summed E-state index contributed by atoms with van der Waals surface area (Å²) in [5, 5.41) is 4.02. The highest BCUT2D eigenvalue weighted by Gasteiger charge is 2.25. The van der Waals surface area contributed by atoms with E-state index < -0.39 is 0 Å². The predicted octanol–water partition coefficient (Wildman–Crippen LogP) is 3.28. The van der Waals surface area contributed by atoms with Crippen LogP contribution in [0.3, 0.4) is 0 Å². The molecule has 0 aliphatic carbocycles. The van der Waals surface area contributed by atoms with Gasteiger partial charge in [0.1, 0.15) is 11.5 Å². The Bertz CT molecular complexity index is 1040. The van der Waals surface area contributed by atoms with Gasteiger partial charge in [0.25, 0.3) is 5.91 Å². The lowest BCUT2D eigenvalue weighted by Crippen LogP contribution is -2.48. The van der Waals surface area contributed by atoms with Crippen LogP contribution in [0.4, 0.5) is 5.69 Å². The molecule has 0 radical (unpaired) electrons. The lowest BCUT2D eigenvalue weighted by molar-refractivity contribution is 0.0743. The zero-order valence-corrected chi connectivity index (χ0v) is 18.0. The molecule has 4 rings (SSSR count). The number of aryl methyl sites for hydroxylation is 1. The summed E-state index contributed by atoms with van der Waals surface area (Å²) in [6.07, 6.45) is 0.719. The van der Waals surface area contributed by atoms with E-state index >= 15 is 0 Å². The second-order valence-electron chi connectivity index (χ2n) is 7.26. The third kappa shape index (κ3) is 4.33. The van der Waals surface area contributed by atoms with E-state index in [4.69, 9.17) is 14.0 Å². The summed E-state index contributed by atoms with van der Waals surface area (Å²) in [4.78, 5) is 21.5. The SMILES string of the molecule is CCc1nc(-c2ccc(N3CCN(C(=O)c4ccc(OC)cc4OC)CC3)cc2)no1. The monoisotopic (exact) mass is 422 g/mol. The molecule has 1 amide bonds. The maximum atomic E-state index is 13.0. The maximum Gasteiger partial charge on any atom is 0.257 e. The van der Waals surface area contributed by atoms with Crippen LogP contribution in [0.2, 0.25) is 0 Å². The average molecular weight is 422 g/mol. The average Bonchev–Trinajstić information content (AvgIpc) is 3.33. The fraction of sp³-hybridized carbons (Fsp3) is 0.348. The number of benzene rings is 2. The normalized spacial score (nSPS) is 13.9. The quantitative estimate of drug-likeness (QED) is 0.603. The van der Waals surface area contributed by atoms with Gasteiger partial charge in [-0.1, -0.05) is 12.1 Å². The van der Waals surface area contributed by atoms with E-state index in [2.05, 4.69) is 27.2 Å². The molecule has 0 saturated carbocycles. The first-order valence-corrected chi connectivity index (χ1v) is 10.3. The topological polar surface area (TPSA) is 80.9 Å². The lowest BCUT2D eigenvalue weighted by Gasteiger charge is -2.36. The molecular weight excluding hydrogens is 396 g/mol. The molecule has 3 aromatic rings. The van der Waals surface area contributed by atoms with E-state index in [0.29, 0.717) is 41.9 Å². The number of anilines is 1. The van der Waals surface area contributed by atoms with Gasteiger partial charge in [-0.25, -0.2) is 0 Å². The van der Waals surface area contributed by atoms with E-state index in [0.717, 1.165) is 30.8 Å². The smallest absolute Gasteiger partial charge is 0.257 e. The summed E-state index contributed by atoms with van der Waals surface area (Å²) in [7, 11) is 3.15. The fourth-order valence-electron chi connectivity index (χ4n) is 3.65. The number of aromatic nitrogens is 2. The molecule has 31 heavy (non-hydrogen) atoms. The van der Waals surface area contributed by atoms with Gasteiger partial charge in [-0.3, -0.25) is 4.79 Å². The molecule has 8 heteroatoms. The number of rotatable bonds is 6. The number of methoxy groups -OCH3 is 2. The third-order valence-corrected chi connectivity index (χ3v) is 5.47. The number of nitrogens with zero attached hydrogens (tertiary/aromatic N) is 4. The minimum Gasteiger partial charge on any atom is -0.497 e. The molecular formula is C23H26N4O4. The van der Waals surface area contributed by atoms with Gasteiger partial charge in [0.2, 0.25) is 11.7 Å². The minimum atomic E-state index is -0.0293. The van der Waals surface area contributed by atoms with Crippen LogP contribution < -0.4 is 14.4 Å². The highest BCUT2D eigenvalue weighted by atomic mass is 16.5. The molecule has 1 saturated heterocycles. The van der Waals surface area contributed by atoms with Crippen LogP contribution in [0.25, 0.3) is 11.4 Å². The fourth-order valence-corrected chi connectivity index (χ4v) is 3.65. The zero-order valence-electron chi connectivity index (χ0n) is 18.0. The first-order valence-electron chi connectivity index (χ1n) is 10.3. The Balaban J connectivity index is 1.40. The van der Waals surface area contributed by atoms with E-state index in [1.54, 1.807) is 32.4 Å². The van der Waals surface area contributed by atoms with Crippen LogP contribution in [0, 0.1) is 0 Å². The molecule has 2 aromatic carbocycles. The Kier molecular flexibility index (Phi) is 6.06. The molecule has 1 fully saturated rings. The predicted molar refractivity (Wildman–Crippen MR) is 117 cm³/mol. The number of carbonyl (C=O) groups excluding carboxylic acids is 1. The molecule has 0 spiro atoms. The van der Waals surface area contributed by atoms with Crippen LogP contribution in [0.5, 0.6) is 11.5 Å². The van der Waals surface area contributed by atoms with E-state index in [9.17, 15) is 4.79 Å². The van der Waals surface area contributed by atoms with Gasteiger partial charge in [-0.15, -0.1) is 0 Å². The number of carbonyl (C=O) groups is 1. The highest BCUT2D eigenvalue weighted by Crippen LogP contribution is 2.27. The standard InChI is InChI=1S/C23H26N4O4/c1-4-21-24-22(25-31-21)16-5-7-17(8-6-16)26-11-13-27(14-12-26)23(28)19-10-9-18(29-2)15-20(19)30-3/h5-10,15H,4,11-14H2,1-3H3. The summed E-state index contributed by atoms with van der Waals surface area (Å²) in [6, 6.07) is 13.4. The Labute approximate surface area is 181 Å². The summed E-state index contributed by atoms with van der Waals surface area (Å²) in [5.41, 5.74) is 2.58. The number of piperazine rings is 1. The van der Waals surface area contributed by atoms with Crippen molar-refractivity contribution in [3.8, 4) is 22.9 Å². The van der Waals surface area contributed by atoms with E-state index in [-0.39, 0.29) is 5.91 Å². The van der Waals surface area contributed by atoms with Gasteiger partial charge in [-0.2, -0.15) is 4.98 Å². The maximum absolute atomic E-state index is 13.0. The van der Waals surface area contributed by atoms with Crippen LogP contribution in [0.1, 0.15) is 23.2 Å². The first kappa shape index (κ1) is 20.7. The Morgan fingerprint density at radius 2 is 1.77 bits per heavy atom. The second-order valence-corrected chi connectivity index (χ2v) is 7.26. The highest BCUT2D eigenvalue weighted by molar-refractivity contribution is 5.97. The molecule has 0 unspecified atom stereocenters. The molecule has 0 N–H and O–H groups in total. The van der Waals surface area contributed by atoms with Gasteiger partial charge in [-0.05, 0) is 36.4 Å². The third-order valence-electron chi connectivity index (χ3n) is 5.47. The Morgan fingerprint density at radius 1 is 1.03 bits per heavy atom. The molecule has 1 aliphatic rings. The molecule has 162 valence electrons. The number of ether oxygens (including phenoxy) is 2. The minimum absolute atomic E-state index is 0.0293. The van der Waals surface area contributed by atoms with Crippen molar-refractivity contribution in [3.63, 3.8) is 0 Å². The van der Waals surface area contributed by atoms with Crippen molar-refractivity contribution >= 4 is 11.6 Å². The first-order chi connectivity index (χ1) is 15.1. The van der Waals surface area contributed by atoms with Crippen LogP contribution >= 0.6 is 0 Å². The second kappa shape index (κ2) is 9.07. The molecule has 1 aromatic heterocycles. The van der Waals surface area contributed by atoms with Crippen LogP contribution in [-0.2, 0) is 6.42 Å². The molecule has 0 bridgehead atoms. The van der Waals surface area contributed by atoms with Gasteiger partial charge in [0, 0.05) is 49.9 Å². The summed E-state index contributed by atoms with van der Waals surface area (Å²) >= 11 is 0. The molecule has 8 nitrogen and oxygen atoms in total. The van der Waals surface area contributed by atoms with Gasteiger partial charge < -0.3 is 23.8 Å². The van der Waals surface area contributed by atoms with E-state index in [1.807, 2.05) is 24.0 Å². The van der Waals surface area contributed by atoms with Gasteiger partial charge in [0.15, 0.2) is 0 Å². The lowest BCUT2D eigenvalue weighted by atomic mass is 10.1. The summed E-state index contributed by atoms with van der Waals surface area (Å²) in [5.74, 6) is 2.39. The van der Waals surface area contributed by atoms with Gasteiger partial charge >= 0.3 is 0 Å². The summed E-state index contributed by atoms with van der Waals surface area (Å²) in [6.45, 7) is 4.77. The number of hydrogen-bond acceptors (Lipinski definition) is 7. The van der Waals surface area contributed by atoms with Crippen molar-refractivity contribution in [1.29, 1.82) is 0 Å². The van der Waals surface area contributed by atoms with Crippen molar-refractivity contribution in [3.05, 3.63) is 53.9 Å². The van der Waals surface area contributed by atoms with Crippen molar-refractivity contribution in [2.75, 3.05) is 45.3 Å². The summed E-state index contributed by atoms with van der Waals surface area (Å²) < 4.78 is 15.8. The van der Waals surface area contributed by atoms with E-state index in [1.165, 1.54) is 0 Å². The number of hydrogen-bond donors (Lipinski definition) is 0.